The number of aromatic nitrogens is 2. The van der Waals surface area contributed by atoms with Gasteiger partial charge < -0.3 is 0 Å². The van der Waals surface area contributed by atoms with E-state index in [1.54, 1.807) is 0 Å². The van der Waals surface area contributed by atoms with Gasteiger partial charge in [-0.15, -0.1) is 0 Å². The van der Waals surface area contributed by atoms with Crippen LogP contribution in [0.4, 0.5) is 4.39 Å². The number of benzene rings is 2. The van der Waals surface area contributed by atoms with Crippen LogP contribution in [0, 0.1) is 5.82 Å². The van der Waals surface area contributed by atoms with Gasteiger partial charge in [0.25, 0.3) is 11.8 Å². The summed E-state index contributed by atoms with van der Waals surface area (Å²) in [7, 11) is -0.950. The van der Waals surface area contributed by atoms with Crippen LogP contribution in [0.2, 0.25) is 0 Å². The summed E-state index contributed by atoms with van der Waals surface area (Å²) >= 11 is 0. The standard InChI is InChI=1S/C19H18FN5O4S/c1-25(2)30(28,29)15-5-3-4-13(10-15)18(26)23-24-19(27)16-11-21-22-17(16)12-6-8-14(20)9-7-12/h3-11H,1-2H3,(H,21,22)(H,23,26)(H,24,27). The van der Waals surface area contributed by atoms with Crippen molar-refractivity contribution in [3.63, 3.8) is 0 Å². The van der Waals surface area contributed by atoms with Gasteiger partial charge in [0, 0.05) is 25.2 Å². The van der Waals surface area contributed by atoms with Crippen molar-refractivity contribution in [1.82, 2.24) is 25.4 Å². The number of rotatable bonds is 5. The van der Waals surface area contributed by atoms with E-state index < -0.39 is 27.7 Å². The zero-order chi connectivity index (χ0) is 21.9. The Morgan fingerprint density at radius 2 is 1.70 bits per heavy atom. The van der Waals surface area contributed by atoms with Gasteiger partial charge in [-0.1, -0.05) is 6.07 Å². The lowest BCUT2D eigenvalue weighted by atomic mass is 10.1. The number of aromatic amines is 1. The van der Waals surface area contributed by atoms with Gasteiger partial charge in [0.05, 0.1) is 22.3 Å². The lowest BCUT2D eigenvalue weighted by molar-refractivity contribution is 0.0847. The van der Waals surface area contributed by atoms with Gasteiger partial charge in [-0.25, -0.2) is 17.1 Å². The Morgan fingerprint density at radius 1 is 1.03 bits per heavy atom. The minimum Gasteiger partial charge on any atom is -0.277 e. The molecule has 1 aromatic heterocycles. The number of hydrogen-bond donors (Lipinski definition) is 3. The van der Waals surface area contributed by atoms with Gasteiger partial charge in [-0.2, -0.15) is 5.10 Å². The Hall–Kier alpha value is -3.57. The molecule has 156 valence electrons. The molecule has 3 N–H and O–H groups in total. The maximum absolute atomic E-state index is 13.1. The molecule has 0 aliphatic rings. The SMILES string of the molecule is CN(C)S(=O)(=O)c1cccc(C(=O)NNC(=O)c2cn[nH]c2-c2ccc(F)cc2)c1. The summed E-state index contributed by atoms with van der Waals surface area (Å²) in [5.41, 5.74) is 5.55. The lowest BCUT2D eigenvalue weighted by Crippen LogP contribution is -2.41. The number of carbonyl (C=O) groups is 2. The van der Waals surface area contributed by atoms with Gasteiger partial charge in [0.15, 0.2) is 0 Å². The number of hydrazine groups is 1. The zero-order valence-corrected chi connectivity index (χ0v) is 16.8. The summed E-state index contributed by atoms with van der Waals surface area (Å²) in [4.78, 5) is 24.8. The molecule has 0 radical (unpaired) electrons. The van der Waals surface area contributed by atoms with Crippen LogP contribution in [-0.2, 0) is 10.0 Å². The Balaban J connectivity index is 1.73. The molecule has 0 bridgehead atoms. The minimum atomic E-state index is -3.71. The fourth-order valence-electron chi connectivity index (χ4n) is 2.56. The third kappa shape index (κ3) is 4.36. The number of nitrogens with one attached hydrogen (secondary N) is 3. The van der Waals surface area contributed by atoms with Crippen LogP contribution in [-0.4, -0.2) is 48.8 Å². The van der Waals surface area contributed by atoms with Crippen molar-refractivity contribution < 1.29 is 22.4 Å². The molecule has 3 rings (SSSR count). The summed E-state index contributed by atoms with van der Waals surface area (Å²) in [5.74, 6) is -1.78. The molecule has 3 aromatic rings. The van der Waals surface area contributed by atoms with E-state index in [4.69, 9.17) is 0 Å². The second-order valence-electron chi connectivity index (χ2n) is 6.39. The molecule has 0 atom stereocenters. The van der Waals surface area contributed by atoms with E-state index in [1.807, 2.05) is 0 Å². The highest BCUT2D eigenvalue weighted by molar-refractivity contribution is 7.89. The van der Waals surface area contributed by atoms with Crippen molar-refractivity contribution in [2.75, 3.05) is 14.1 Å². The molecule has 0 spiro atoms. The predicted molar refractivity (Wildman–Crippen MR) is 106 cm³/mol. The third-order valence-electron chi connectivity index (χ3n) is 4.18. The third-order valence-corrected chi connectivity index (χ3v) is 5.99. The number of nitrogens with zero attached hydrogens (tertiary/aromatic N) is 2. The van der Waals surface area contributed by atoms with Gasteiger partial charge >= 0.3 is 0 Å². The van der Waals surface area contributed by atoms with E-state index in [0.717, 1.165) is 4.31 Å². The lowest BCUT2D eigenvalue weighted by Gasteiger charge is -2.12. The summed E-state index contributed by atoms with van der Waals surface area (Å²) in [6, 6.07) is 10.9. The average Bonchev–Trinajstić information content (AvgIpc) is 3.22. The van der Waals surface area contributed by atoms with Crippen LogP contribution >= 0.6 is 0 Å². The molecule has 1 heterocycles. The maximum atomic E-state index is 13.1. The Morgan fingerprint density at radius 3 is 2.37 bits per heavy atom. The van der Waals surface area contributed by atoms with Crippen molar-refractivity contribution in [3.05, 3.63) is 71.7 Å². The van der Waals surface area contributed by atoms with Crippen molar-refractivity contribution >= 4 is 21.8 Å². The predicted octanol–water partition coefficient (Wildman–Crippen LogP) is 1.54. The number of hydrogen-bond acceptors (Lipinski definition) is 5. The molecule has 0 saturated heterocycles. The van der Waals surface area contributed by atoms with Gasteiger partial charge in [0.1, 0.15) is 5.82 Å². The fourth-order valence-corrected chi connectivity index (χ4v) is 3.50. The molecule has 0 unspecified atom stereocenters. The van der Waals surface area contributed by atoms with Crippen LogP contribution in [0.1, 0.15) is 20.7 Å². The van der Waals surface area contributed by atoms with E-state index in [1.165, 1.54) is 68.8 Å². The number of sulfonamides is 1. The van der Waals surface area contributed by atoms with Crippen LogP contribution in [0.3, 0.4) is 0 Å². The molecular weight excluding hydrogens is 413 g/mol. The monoisotopic (exact) mass is 431 g/mol. The van der Waals surface area contributed by atoms with Crippen LogP contribution in [0.5, 0.6) is 0 Å². The Kier molecular flexibility index (Phi) is 5.94. The molecule has 30 heavy (non-hydrogen) atoms. The molecule has 2 amide bonds. The minimum absolute atomic E-state index is 0.0455. The summed E-state index contributed by atoms with van der Waals surface area (Å²) in [6.45, 7) is 0. The molecular formula is C19H18FN5O4S. The molecule has 0 aliphatic carbocycles. The second kappa shape index (κ2) is 8.43. The molecule has 11 heteroatoms. The van der Waals surface area contributed by atoms with Crippen molar-refractivity contribution in [3.8, 4) is 11.3 Å². The van der Waals surface area contributed by atoms with E-state index in [-0.39, 0.29) is 16.0 Å². The fraction of sp³-hybridized carbons (Fsp3) is 0.105. The van der Waals surface area contributed by atoms with Crippen LogP contribution < -0.4 is 10.9 Å². The first-order valence-corrected chi connectivity index (χ1v) is 10.1. The highest BCUT2D eigenvalue weighted by Gasteiger charge is 2.20. The highest BCUT2D eigenvalue weighted by atomic mass is 32.2. The molecule has 0 aliphatic heterocycles. The number of carbonyl (C=O) groups excluding carboxylic acids is 2. The number of H-pyrrole nitrogens is 1. The molecule has 9 nitrogen and oxygen atoms in total. The molecule has 0 fully saturated rings. The smallest absolute Gasteiger partial charge is 0.273 e. The van der Waals surface area contributed by atoms with Crippen molar-refractivity contribution in [2.45, 2.75) is 4.90 Å². The maximum Gasteiger partial charge on any atom is 0.273 e. The van der Waals surface area contributed by atoms with E-state index in [0.29, 0.717) is 11.3 Å². The average molecular weight is 431 g/mol. The van der Waals surface area contributed by atoms with Crippen molar-refractivity contribution in [2.24, 2.45) is 0 Å². The van der Waals surface area contributed by atoms with E-state index >= 15 is 0 Å². The topological polar surface area (TPSA) is 124 Å². The number of amides is 2. The van der Waals surface area contributed by atoms with E-state index in [2.05, 4.69) is 21.0 Å². The highest BCUT2D eigenvalue weighted by Crippen LogP contribution is 2.21. The first-order chi connectivity index (χ1) is 14.2. The van der Waals surface area contributed by atoms with Crippen LogP contribution in [0.15, 0.2) is 59.6 Å². The van der Waals surface area contributed by atoms with Gasteiger partial charge in [0.2, 0.25) is 10.0 Å². The molecule has 0 saturated carbocycles. The molecule has 2 aromatic carbocycles. The second-order valence-corrected chi connectivity index (χ2v) is 8.54. The summed E-state index contributed by atoms with van der Waals surface area (Å²) in [6.07, 6.45) is 1.27. The summed E-state index contributed by atoms with van der Waals surface area (Å²) in [5, 5.41) is 6.48. The Bertz CT molecular complexity index is 1190. The van der Waals surface area contributed by atoms with Crippen LogP contribution in [0.25, 0.3) is 11.3 Å². The first-order valence-electron chi connectivity index (χ1n) is 8.62. The van der Waals surface area contributed by atoms with Crippen molar-refractivity contribution in [1.29, 1.82) is 0 Å². The zero-order valence-electron chi connectivity index (χ0n) is 16.0. The normalized spacial score (nSPS) is 11.3. The first kappa shape index (κ1) is 21.1. The quantitative estimate of drug-likeness (QED) is 0.529. The van der Waals surface area contributed by atoms with Gasteiger partial charge in [-0.3, -0.25) is 25.5 Å². The summed E-state index contributed by atoms with van der Waals surface area (Å²) < 4.78 is 38.6. The Labute approximate surface area is 171 Å². The largest absolute Gasteiger partial charge is 0.277 e. The number of halogens is 1. The van der Waals surface area contributed by atoms with E-state index in [9.17, 15) is 22.4 Å². The van der Waals surface area contributed by atoms with Gasteiger partial charge in [-0.05, 0) is 42.5 Å².